The molecule has 4 rings (SSSR count). The third-order valence-corrected chi connectivity index (χ3v) is 7.07. The van der Waals surface area contributed by atoms with Gasteiger partial charge in [-0.1, -0.05) is 30.3 Å². The summed E-state index contributed by atoms with van der Waals surface area (Å²) < 4.78 is 18.4. The molecule has 0 fully saturated rings. The normalized spacial score (nSPS) is 17.4. The molecule has 0 bridgehead atoms. The average Bonchev–Trinajstić information content (AvgIpc) is 3.16. The van der Waals surface area contributed by atoms with Gasteiger partial charge in [0, 0.05) is 11.8 Å². The van der Waals surface area contributed by atoms with E-state index in [4.69, 9.17) is 14.2 Å². The monoisotopic (exact) mass is 670 g/mol. The number of rotatable bonds is 2. The van der Waals surface area contributed by atoms with Crippen LogP contribution in [0.1, 0.15) is 74.8 Å². The van der Waals surface area contributed by atoms with Gasteiger partial charge in [-0.25, -0.2) is 19.3 Å². The second-order valence-corrected chi connectivity index (χ2v) is 14.7. The zero-order valence-corrected chi connectivity index (χ0v) is 28.4. The number of carbonyl (C=O) groups excluding carboxylic acids is 4. The predicted octanol–water partition coefficient (Wildman–Crippen LogP) is 7.61. The summed E-state index contributed by atoms with van der Waals surface area (Å²) in [6.45, 7) is 17.0. The highest BCUT2D eigenvalue weighted by Gasteiger charge is 2.54. The number of aromatic nitrogens is 2. The van der Waals surface area contributed by atoms with Crippen molar-refractivity contribution >= 4 is 62.4 Å². The van der Waals surface area contributed by atoms with Gasteiger partial charge in [0.15, 0.2) is 0 Å². The van der Waals surface area contributed by atoms with Crippen LogP contribution in [0.4, 0.5) is 25.8 Å². The first-order valence-electron chi connectivity index (χ1n) is 14.2. The largest absolute Gasteiger partial charge is 0.443 e. The fourth-order valence-electron chi connectivity index (χ4n) is 4.86. The van der Waals surface area contributed by atoms with Gasteiger partial charge in [-0.3, -0.25) is 9.69 Å². The fourth-order valence-corrected chi connectivity index (χ4v) is 5.34. The Morgan fingerprint density at radius 1 is 0.795 bits per heavy atom. The summed E-state index contributed by atoms with van der Waals surface area (Å²) >= 11 is 3.43. The number of anilines is 2. The Morgan fingerprint density at radius 3 is 1.86 bits per heavy atom. The van der Waals surface area contributed by atoms with E-state index in [2.05, 4.69) is 21.0 Å². The maximum Gasteiger partial charge on any atom is 0.435 e. The highest BCUT2D eigenvalue weighted by Crippen LogP contribution is 2.46. The zero-order valence-electron chi connectivity index (χ0n) is 26.8. The first-order valence-corrected chi connectivity index (χ1v) is 15.0. The molecule has 44 heavy (non-hydrogen) atoms. The van der Waals surface area contributed by atoms with Crippen LogP contribution in [0.3, 0.4) is 0 Å². The van der Waals surface area contributed by atoms with Crippen LogP contribution in [-0.2, 0) is 25.4 Å². The summed E-state index contributed by atoms with van der Waals surface area (Å²) in [6, 6.07) is 12.2. The molecule has 0 saturated heterocycles. The van der Waals surface area contributed by atoms with Gasteiger partial charge in [0.25, 0.3) is 5.91 Å². The highest BCUT2D eigenvalue weighted by molar-refractivity contribution is 9.10. The molecule has 0 saturated carbocycles. The second-order valence-electron chi connectivity index (χ2n) is 13.9. The van der Waals surface area contributed by atoms with E-state index < -0.39 is 46.5 Å². The van der Waals surface area contributed by atoms with E-state index in [-0.39, 0.29) is 27.9 Å². The lowest BCUT2D eigenvalue weighted by Crippen LogP contribution is -2.66. The van der Waals surface area contributed by atoms with Gasteiger partial charge >= 0.3 is 18.3 Å². The van der Waals surface area contributed by atoms with Gasteiger partial charge < -0.3 is 14.2 Å². The number of imide groups is 1. The standard InChI is InChI=1S/C32H39BrN4O7/c1-29(2,3)42-26(39)35-22-17-21-20(24(33)34-37(21)28(41)44-31(7,8)9)16-23(22)36(27(40)43-30(4,5)6)32(10,25(35)38)18-19-14-12-11-13-15-19/h11-17H,18H2,1-10H3. The van der Waals surface area contributed by atoms with Crippen molar-refractivity contribution in [2.45, 2.75) is 98.0 Å². The van der Waals surface area contributed by atoms with Gasteiger partial charge in [-0.05, 0) is 103 Å². The van der Waals surface area contributed by atoms with Crippen LogP contribution in [0, 0.1) is 0 Å². The Bertz CT molecular complexity index is 1630. The van der Waals surface area contributed by atoms with Gasteiger partial charge in [0.2, 0.25) is 0 Å². The first-order chi connectivity index (χ1) is 20.1. The van der Waals surface area contributed by atoms with Crippen molar-refractivity contribution in [1.82, 2.24) is 9.78 Å². The summed E-state index contributed by atoms with van der Waals surface area (Å²) in [5, 5.41) is 4.77. The zero-order chi connectivity index (χ0) is 33.0. The van der Waals surface area contributed by atoms with Crippen LogP contribution < -0.4 is 9.80 Å². The minimum Gasteiger partial charge on any atom is -0.443 e. The maximum atomic E-state index is 14.6. The molecule has 3 amide bonds. The molecular formula is C32H39BrN4O7. The van der Waals surface area contributed by atoms with Gasteiger partial charge in [0.05, 0.1) is 16.9 Å². The number of hydrogen-bond donors (Lipinski definition) is 0. The second kappa shape index (κ2) is 11.2. The van der Waals surface area contributed by atoms with Crippen LogP contribution in [0.25, 0.3) is 10.9 Å². The number of ether oxygens (including phenoxy) is 3. The number of benzene rings is 2. The van der Waals surface area contributed by atoms with E-state index in [1.165, 1.54) is 11.0 Å². The molecular weight excluding hydrogens is 632 g/mol. The number of carbonyl (C=O) groups is 4. The third kappa shape index (κ3) is 6.74. The quantitative estimate of drug-likeness (QED) is 0.256. The molecule has 0 radical (unpaired) electrons. The topological polar surface area (TPSA) is 120 Å². The summed E-state index contributed by atoms with van der Waals surface area (Å²) in [7, 11) is 0. The Kier molecular flexibility index (Phi) is 8.40. The minimum absolute atomic E-state index is 0.0188. The third-order valence-electron chi connectivity index (χ3n) is 6.48. The van der Waals surface area contributed by atoms with Gasteiger partial charge in [-0.2, -0.15) is 9.78 Å². The maximum absolute atomic E-state index is 14.6. The van der Waals surface area contributed by atoms with Crippen molar-refractivity contribution in [3.05, 3.63) is 52.6 Å². The van der Waals surface area contributed by atoms with Crippen LogP contribution in [0.5, 0.6) is 0 Å². The van der Waals surface area contributed by atoms with Crippen molar-refractivity contribution in [3.63, 3.8) is 0 Å². The Hall–Kier alpha value is -3.93. The van der Waals surface area contributed by atoms with Crippen molar-refractivity contribution in [2.75, 3.05) is 9.80 Å². The molecule has 1 aliphatic rings. The van der Waals surface area contributed by atoms with Crippen molar-refractivity contribution in [3.8, 4) is 0 Å². The van der Waals surface area contributed by atoms with Crippen molar-refractivity contribution < 1.29 is 33.4 Å². The molecule has 0 aliphatic carbocycles. The summed E-state index contributed by atoms with van der Waals surface area (Å²) in [5.74, 6) is -0.712. The van der Waals surface area contributed by atoms with Crippen LogP contribution in [0.15, 0.2) is 47.1 Å². The molecule has 11 nitrogen and oxygen atoms in total. The lowest BCUT2D eigenvalue weighted by molar-refractivity contribution is -0.123. The highest BCUT2D eigenvalue weighted by atomic mass is 79.9. The van der Waals surface area contributed by atoms with E-state index in [0.717, 1.165) is 15.1 Å². The molecule has 0 spiro atoms. The van der Waals surface area contributed by atoms with E-state index in [0.29, 0.717) is 5.39 Å². The molecule has 2 heterocycles. The molecule has 2 aromatic carbocycles. The average molecular weight is 672 g/mol. The minimum atomic E-state index is -1.63. The van der Waals surface area contributed by atoms with Crippen LogP contribution in [0.2, 0.25) is 0 Å². The molecule has 3 aromatic rings. The molecule has 1 aromatic heterocycles. The Labute approximate surface area is 265 Å². The molecule has 1 aliphatic heterocycles. The van der Waals surface area contributed by atoms with E-state index in [9.17, 15) is 19.2 Å². The molecule has 1 unspecified atom stereocenters. The Morgan fingerprint density at radius 2 is 1.32 bits per heavy atom. The molecule has 12 heteroatoms. The van der Waals surface area contributed by atoms with E-state index in [1.807, 2.05) is 30.3 Å². The number of halogens is 1. The fraction of sp³-hybridized carbons (Fsp3) is 0.469. The predicted molar refractivity (Wildman–Crippen MR) is 170 cm³/mol. The summed E-state index contributed by atoms with van der Waals surface area (Å²) in [6.07, 6.45) is -2.43. The summed E-state index contributed by atoms with van der Waals surface area (Å²) in [5.41, 5.74) is -3.09. The SMILES string of the molecule is CC(C)(C)OC(=O)N1C(=O)C(C)(Cc2ccccc2)N(C(=O)OC(C)(C)C)c2cc3c(Br)nn(C(=O)OC(C)(C)C)c3cc21. The Balaban J connectivity index is 2.05. The lowest BCUT2D eigenvalue weighted by atomic mass is 9.86. The van der Waals surface area contributed by atoms with Gasteiger partial charge in [0.1, 0.15) is 26.9 Å². The number of nitrogens with zero attached hydrogens (tertiary/aromatic N) is 4. The van der Waals surface area contributed by atoms with Crippen LogP contribution >= 0.6 is 15.9 Å². The molecule has 0 N–H and O–H groups in total. The molecule has 1 atom stereocenters. The number of fused-ring (bicyclic) bond motifs is 2. The first kappa shape index (κ1) is 33.0. The van der Waals surface area contributed by atoms with Gasteiger partial charge in [-0.15, -0.1) is 0 Å². The number of hydrogen-bond acceptors (Lipinski definition) is 8. The smallest absolute Gasteiger partial charge is 0.435 e. The summed E-state index contributed by atoms with van der Waals surface area (Å²) in [4.78, 5) is 57.8. The van der Waals surface area contributed by atoms with E-state index in [1.54, 1.807) is 75.3 Å². The van der Waals surface area contributed by atoms with Crippen molar-refractivity contribution in [2.24, 2.45) is 0 Å². The molecule has 236 valence electrons. The van der Waals surface area contributed by atoms with Crippen LogP contribution in [-0.4, -0.2) is 56.3 Å². The number of amides is 3. The van der Waals surface area contributed by atoms with Crippen molar-refractivity contribution in [1.29, 1.82) is 0 Å². The lowest BCUT2D eigenvalue weighted by Gasteiger charge is -2.47. The van der Waals surface area contributed by atoms with E-state index >= 15 is 0 Å².